The summed E-state index contributed by atoms with van der Waals surface area (Å²) in [6.45, 7) is 14.7. The minimum atomic E-state index is -0.217. The first-order valence-electron chi connectivity index (χ1n) is 19.6. The second-order valence-electron chi connectivity index (χ2n) is 17.6. The van der Waals surface area contributed by atoms with E-state index in [2.05, 4.69) is 173 Å². The molecule has 0 saturated heterocycles. The SMILES string of the molecule is CC1(C)c2cccc3c2N2c4c1cccc4C(C)(C)c1cc(N(c4ccc5c(c4)C=CCC5)c4cc5c(c6ccccc46)C=CCC5)cc(c12)C3(C)C. The van der Waals surface area contributed by atoms with E-state index >= 15 is 0 Å². The molecule has 0 aromatic heterocycles. The first-order valence-corrected chi connectivity index (χ1v) is 19.6. The largest absolute Gasteiger partial charge is 0.310 e. The third-order valence-corrected chi connectivity index (χ3v) is 13.7. The maximum Gasteiger partial charge on any atom is 0.0545 e. The molecule has 3 aliphatic heterocycles. The molecule has 0 amide bonds. The van der Waals surface area contributed by atoms with Gasteiger partial charge in [0.2, 0.25) is 0 Å². The molecule has 5 aliphatic rings. The highest BCUT2D eigenvalue weighted by Crippen LogP contribution is 2.66. The van der Waals surface area contributed by atoms with Crippen LogP contribution in [0.15, 0.2) is 109 Å². The Morgan fingerprint density at radius 3 is 1.68 bits per heavy atom. The van der Waals surface area contributed by atoms with Gasteiger partial charge in [-0.1, -0.05) is 133 Å². The topological polar surface area (TPSA) is 6.48 Å². The van der Waals surface area contributed by atoms with Crippen LogP contribution in [0.4, 0.5) is 34.1 Å². The Morgan fingerprint density at radius 1 is 0.491 bits per heavy atom. The van der Waals surface area contributed by atoms with Gasteiger partial charge in [0.15, 0.2) is 0 Å². The van der Waals surface area contributed by atoms with Crippen molar-refractivity contribution in [2.75, 3.05) is 9.80 Å². The third kappa shape index (κ3) is 3.99. The monoisotopic (exact) mass is 686 g/mol. The Morgan fingerprint density at radius 2 is 1.04 bits per heavy atom. The summed E-state index contributed by atoms with van der Waals surface area (Å²) in [6.07, 6.45) is 13.7. The molecule has 260 valence electrons. The van der Waals surface area contributed by atoms with E-state index in [1.807, 2.05) is 0 Å². The first-order chi connectivity index (χ1) is 25.6. The molecule has 0 saturated carbocycles. The van der Waals surface area contributed by atoms with Gasteiger partial charge >= 0.3 is 0 Å². The Hall–Kier alpha value is -5.34. The zero-order chi connectivity index (χ0) is 36.0. The van der Waals surface area contributed by atoms with Crippen LogP contribution in [-0.2, 0) is 29.1 Å². The van der Waals surface area contributed by atoms with Crippen LogP contribution in [-0.4, -0.2) is 0 Å². The van der Waals surface area contributed by atoms with Crippen molar-refractivity contribution in [2.45, 2.75) is 83.5 Å². The highest BCUT2D eigenvalue weighted by atomic mass is 15.2. The Balaban J connectivity index is 1.25. The molecule has 53 heavy (non-hydrogen) atoms. The van der Waals surface area contributed by atoms with E-state index < -0.39 is 0 Å². The number of para-hydroxylation sites is 2. The van der Waals surface area contributed by atoms with Crippen LogP contribution >= 0.6 is 0 Å². The van der Waals surface area contributed by atoms with Crippen molar-refractivity contribution in [1.29, 1.82) is 0 Å². The van der Waals surface area contributed by atoms with E-state index in [9.17, 15) is 0 Å². The molecule has 0 spiro atoms. The van der Waals surface area contributed by atoms with Gasteiger partial charge < -0.3 is 9.80 Å². The zero-order valence-electron chi connectivity index (χ0n) is 31.8. The molecule has 0 unspecified atom stereocenters. The standard InChI is InChI=1S/C51H46N2/c1-49(2)39-21-13-23-41-46(39)53-47-40(49)22-14-24-42(47)51(5,6)44-30-35(29-43(48(44)53)50(41,3)4)52(34-26-25-31-15-7-8-16-32(31)27-34)45-28-33-17-9-10-18-36(33)37-19-11-12-20-38(37)45/h8,10-14,16,18-30H,7,9,15,17H2,1-6H3. The van der Waals surface area contributed by atoms with E-state index in [1.165, 1.54) is 101 Å². The van der Waals surface area contributed by atoms with E-state index in [4.69, 9.17) is 0 Å². The average Bonchev–Trinajstić information content (AvgIpc) is 3.17. The molecule has 0 bridgehead atoms. The van der Waals surface area contributed by atoms with Crippen molar-refractivity contribution in [3.8, 4) is 0 Å². The van der Waals surface area contributed by atoms with E-state index in [0.29, 0.717) is 0 Å². The predicted molar refractivity (Wildman–Crippen MR) is 224 cm³/mol. The van der Waals surface area contributed by atoms with E-state index in [0.717, 1.165) is 25.7 Å². The molecule has 0 fully saturated rings. The molecule has 6 aromatic carbocycles. The van der Waals surface area contributed by atoms with Gasteiger partial charge in [-0.15, -0.1) is 0 Å². The second kappa shape index (κ2) is 10.4. The third-order valence-electron chi connectivity index (χ3n) is 13.7. The Bertz CT molecular complexity index is 2570. The number of benzene rings is 6. The summed E-state index contributed by atoms with van der Waals surface area (Å²) in [6, 6.07) is 38.1. The number of hydrogen-bond acceptors (Lipinski definition) is 2. The quantitative estimate of drug-likeness (QED) is 0.183. The molecule has 2 aliphatic carbocycles. The van der Waals surface area contributed by atoms with E-state index in [-0.39, 0.29) is 16.2 Å². The Labute approximate surface area is 314 Å². The van der Waals surface area contributed by atoms with Crippen molar-refractivity contribution < 1.29 is 0 Å². The van der Waals surface area contributed by atoms with Crippen LogP contribution in [0, 0.1) is 0 Å². The van der Waals surface area contributed by atoms with Crippen molar-refractivity contribution in [2.24, 2.45) is 0 Å². The zero-order valence-corrected chi connectivity index (χ0v) is 31.8. The van der Waals surface area contributed by atoms with E-state index in [1.54, 1.807) is 0 Å². The molecule has 0 atom stereocenters. The molecule has 0 N–H and O–H groups in total. The van der Waals surface area contributed by atoms with Gasteiger partial charge in [0.05, 0.1) is 22.7 Å². The molecule has 0 radical (unpaired) electrons. The van der Waals surface area contributed by atoms with Crippen LogP contribution in [0.5, 0.6) is 0 Å². The molecule has 2 nitrogen and oxygen atoms in total. The summed E-state index contributed by atoms with van der Waals surface area (Å²) >= 11 is 0. The van der Waals surface area contributed by atoms with Crippen molar-refractivity contribution >= 4 is 57.0 Å². The number of allylic oxidation sites excluding steroid dienone is 2. The van der Waals surface area contributed by atoms with Crippen LogP contribution in [0.25, 0.3) is 22.9 Å². The minimum absolute atomic E-state index is 0.102. The van der Waals surface area contributed by atoms with Crippen LogP contribution in [0.1, 0.15) is 110 Å². The summed E-state index contributed by atoms with van der Waals surface area (Å²) in [7, 11) is 0. The highest BCUT2D eigenvalue weighted by molar-refractivity contribution is 6.05. The van der Waals surface area contributed by atoms with Gasteiger partial charge in [-0.3, -0.25) is 0 Å². The number of fused-ring (bicyclic) bond motifs is 4. The summed E-state index contributed by atoms with van der Waals surface area (Å²) in [5, 5.41) is 2.62. The summed E-state index contributed by atoms with van der Waals surface area (Å²) in [5.74, 6) is 0. The fourth-order valence-corrected chi connectivity index (χ4v) is 10.7. The number of rotatable bonds is 3. The lowest BCUT2D eigenvalue weighted by molar-refractivity contribution is 0.566. The van der Waals surface area contributed by atoms with Crippen molar-refractivity contribution in [1.82, 2.24) is 0 Å². The predicted octanol–water partition coefficient (Wildman–Crippen LogP) is 13.6. The van der Waals surface area contributed by atoms with Gasteiger partial charge in [0, 0.05) is 33.0 Å². The smallest absolute Gasteiger partial charge is 0.0545 e. The fraction of sp³-hybridized carbons (Fsp3) is 0.255. The average molecular weight is 687 g/mol. The number of hydrogen-bond donors (Lipinski definition) is 0. The molecule has 6 aromatic rings. The number of aryl methyl sites for hydroxylation is 2. The molecule has 2 heteroatoms. The fourth-order valence-electron chi connectivity index (χ4n) is 10.7. The van der Waals surface area contributed by atoms with Gasteiger partial charge in [-0.05, 0) is 117 Å². The highest BCUT2D eigenvalue weighted by Gasteiger charge is 2.51. The molecule has 3 heterocycles. The summed E-state index contributed by atoms with van der Waals surface area (Å²) in [4.78, 5) is 5.28. The van der Waals surface area contributed by atoms with Gasteiger partial charge in [-0.2, -0.15) is 0 Å². The normalized spacial score (nSPS) is 18.3. The minimum Gasteiger partial charge on any atom is -0.310 e. The maximum absolute atomic E-state index is 2.68. The lowest BCUT2D eigenvalue weighted by Gasteiger charge is -2.55. The number of anilines is 6. The maximum atomic E-state index is 2.68. The van der Waals surface area contributed by atoms with Gasteiger partial charge in [0.1, 0.15) is 0 Å². The summed E-state index contributed by atoms with van der Waals surface area (Å²) in [5.41, 5.74) is 21.4. The summed E-state index contributed by atoms with van der Waals surface area (Å²) < 4.78 is 0. The number of nitrogens with zero attached hydrogens (tertiary/aromatic N) is 2. The second-order valence-corrected chi connectivity index (χ2v) is 17.6. The van der Waals surface area contributed by atoms with Crippen LogP contribution in [0.3, 0.4) is 0 Å². The van der Waals surface area contributed by atoms with Crippen molar-refractivity contribution in [3.05, 3.63) is 165 Å². The van der Waals surface area contributed by atoms with Crippen molar-refractivity contribution in [3.63, 3.8) is 0 Å². The molecule has 11 rings (SSSR count). The Kier molecular flexibility index (Phi) is 6.13. The van der Waals surface area contributed by atoms with Crippen LogP contribution < -0.4 is 9.80 Å². The lowest BCUT2D eigenvalue weighted by atomic mass is 9.61. The van der Waals surface area contributed by atoms with Gasteiger partial charge in [0.25, 0.3) is 0 Å². The van der Waals surface area contributed by atoms with Crippen LogP contribution in [0.2, 0.25) is 0 Å². The molecular weight excluding hydrogens is 641 g/mol. The first kappa shape index (κ1) is 31.2. The lowest BCUT2D eigenvalue weighted by Crippen LogP contribution is -2.43. The molecular formula is C51H46N2. The van der Waals surface area contributed by atoms with Gasteiger partial charge in [-0.25, -0.2) is 0 Å².